The Morgan fingerprint density at radius 2 is 2.29 bits per heavy atom. The predicted octanol–water partition coefficient (Wildman–Crippen LogP) is -1.16. The minimum absolute atomic E-state index is 0.0132. The quantitative estimate of drug-likeness (QED) is 0.652. The number of carbonyl (C=O) groups is 2. The first-order valence-corrected chi connectivity index (χ1v) is 6.01. The van der Waals surface area contributed by atoms with Gasteiger partial charge in [0.15, 0.2) is 0 Å². The molecule has 96 valence electrons. The van der Waals surface area contributed by atoms with Crippen LogP contribution in [-0.2, 0) is 14.3 Å². The van der Waals surface area contributed by atoms with Gasteiger partial charge in [0, 0.05) is 19.0 Å². The average molecular weight is 241 g/mol. The van der Waals surface area contributed by atoms with Crippen molar-refractivity contribution in [2.75, 3.05) is 19.8 Å². The van der Waals surface area contributed by atoms with Gasteiger partial charge in [-0.25, -0.2) is 0 Å². The van der Waals surface area contributed by atoms with Gasteiger partial charge in [0.05, 0.1) is 19.3 Å². The molecule has 6 heteroatoms. The van der Waals surface area contributed by atoms with Crippen molar-refractivity contribution in [2.24, 2.45) is 5.73 Å². The van der Waals surface area contributed by atoms with E-state index in [9.17, 15) is 9.59 Å². The summed E-state index contributed by atoms with van der Waals surface area (Å²) in [6.45, 7) is 3.33. The molecule has 0 bridgehead atoms. The Morgan fingerprint density at radius 3 is 2.88 bits per heavy atom. The maximum absolute atomic E-state index is 11.9. The van der Waals surface area contributed by atoms with Gasteiger partial charge in [0.25, 0.3) is 0 Å². The van der Waals surface area contributed by atoms with Crippen molar-refractivity contribution in [3.05, 3.63) is 0 Å². The lowest BCUT2D eigenvalue weighted by molar-refractivity contribution is -0.143. The second-order valence-corrected chi connectivity index (χ2v) is 4.76. The van der Waals surface area contributed by atoms with Crippen LogP contribution in [0.2, 0.25) is 0 Å². The van der Waals surface area contributed by atoms with Crippen LogP contribution < -0.4 is 11.1 Å². The molecule has 2 heterocycles. The number of hydrogen-bond donors (Lipinski definition) is 2. The van der Waals surface area contributed by atoms with Crippen LogP contribution in [0.1, 0.15) is 19.8 Å². The summed E-state index contributed by atoms with van der Waals surface area (Å²) in [5.41, 5.74) is 5.82. The first-order chi connectivity index (χ1) is 8.08. The zero-order valence-corrected chi connectivity index (χ0v) is 10.0. The Balaban J connectivity index is 1.90. The Bertz CT molecular complexity index is 317. The van der Waals surface area contributed by atoms with Gasteiger partial charge in [0.2, 0.25) is 11.8 Å². The van der Waals surface area contributed by atoms with Crippen LogP contribution in [0.25, 0.3) is 0 Å². The third kappa shape index (κ3) is 2.76. The zero-order chi connectivity index (χ0) is 12.4. The molecule has 0 unspecified atom stereocenters. The third-order valence-electron chi connectivity index (χ3n) is 3.31. The van der Waals surface area contributed by atoms with Crippen LogP contribution in [0.5, 0.6) is 0 Å². The van der Waals surface area contributed by atoms with Crippen molar-refractivity contribution in [3.63, 3.8) is 0 Å². The van der Waals surface area contributed by atoms with E-state index in [1.165, 1.54) is 0 Å². The molecule has 0 aromatic carbocycles. The molecule has 0 aliphatic carbocycles. The van der Waals surface area contributed by atoms with Crippen LogP contribution in [0, 0.1) is 0 Å². The minimum atomic E-state index is -0.450. The highest BCUT2D eigenvalue weighted by Gasteiger charge is 2.32. The van der Waals surface area contributed by atoms with Crippen LogP contribution in [0.4, 0.5) is 0 Å². The van der Waals surface area contributed by atoms with Gasteiger partial charge in [-0.15, -0.1) is 0 Å². The number of piperidine rings is 1. The molecule has 2 saturated heterocycles. The molecule has 2 rings (SSSR count). The zero-order valence-electron chi connectivity index (χ0n) is 10.0. The molecule has 0 aromatic rings. The van der Waals surface area contributed by atoms with Gasteiger partial charge in [-0.1, -0.05) is 0 Å². The van der Waals surface area contributed by atoms with Crippen molar-refractivity contribution in [1.82, 2.24) is 10.2 Å². The molecule has 2 atom stereocenters. The van der Waals surface area contributed by atoms with E-state index in [-0.39, 0.29) is 23.9 Å². The molecular formula is C11H19N3O3. The summed E-state index contributed by atoms with van der Waals surface area (Å²) in [5.74, 6) is -0.111. The van der Waals surface area contributed by atoms with Gasteiger partial charge in [0.1, 0.15) is 6.04 Å². The molecule has 2 aliphatic heterocycles. The van der Waals surface area contributed by atoms with Crippen molar-refractivity contribution >= 4 is 11.8 Å². The van der Waals surface area contributed by atoms with E-state index in [4.69, 9.17) is 10.5 Å². The van der Waals surface area contributed by atoms with Crippen molar-refractivity contribution in [2.45, 2.75) is 37.9 Å². The number of rotatable bonds is 3. The van der Waals surface area contributed by atoms with E-state index < -0.39 is 6.04 Å². The Kier molecular flexibility index (Phi) is 3.63. The monoisotopic (exact) mass is 241 g/mol. The molecule has 17 heavy (non-hydrogen) atoms. The lowest BCUT2D eigenvalue weighted by Crippen LogP contribution is -2.58. The number of ether oxygens (including phenoxy) is 1. The van der Waals surface area contributed by atoms with E-state index in [1.54, 1.807) is 11.8 Å². The first kappa shape index (κ1) is 12.3. The maximum Gasteiger partial charge on any atom is 0.242 e. The Hall–Kier alpha value is -1.14. The maximum atomic E-state index is 11.9. The SMILES string of the molecule is C[C@@H](C(=O)NC1COC1)N1C[C@H](N)CCC1=O. The van der Waals surface area contributed by atoms with Crippen molar-refractivity contribution < 1.29 is 14.3 Å². The van der Waals surface area contributed by atoms with E-state index in [1.807, 2.05) is 0 Å². The van der Waals surface area contributed by atoms with Crippen LogP contribution >= 0.6 is 0 Å². The van der Waals surface area contributed by atoms with E-state index in [0.29, 0.717) is 32.6 Å². The molecule has 2 aliphatic rings. The largest absolute Gasteiger partial charge is 0.377 e. The highest BCUT2D eigenvalue weighted by Crippen LogP contribution is 2.13. The highest BCUT2D eigenvalue weighted by molar-refractivity contribution is 5.88. The molecule has 2 fully saturated rings. The smallest absolute Gasteiger partial charge is 0.242 e. The fourth-order valence-electron chi connectivity index (χ4n) is 2.05. The van der Waals surface area contributed by atoms with Gasteiger partial charge in [-0.2, -0.15) is 0 Å². The first-order valence-electron chi connectivity index (χ1n) is 6.01. The summed E-state index contributed by atoms with van der Waals surface area (Å²) in [6, 6.07) is -0.372. The number of nitrogens with zero attached hydrogens (tertiary/aromatic N) is 1. The van der Waals surface area contributed by atoms with Gasteiger partial charge < -0.3 is 20.7 Å². The second-order valence-electron chi connectivity index (χ2n) is 4.76. The third-order valence-corrected chi connectivity index (χ3v) is 3.31. The normalized spacial score (nSPS) is 27.5. The molecular weight excluding hydrogens is 222 g/mol. The van der Waals surface area contributed by atoms with Crippen LogP contribution in [0.3, 0.4) is 0 Å². The topological polar surface area (TPSA) is 84.7 Å². The minimum Gasteiger partial charge on any atom is -0.377 e. The summed E-state index contributed by atoms with van der Waals surface area (Å²) in [7, 11) is 0. The second kappa shape index (κ2) is 5.01. The van der Waals surface area contributed by atoms with Crippen molar-refractivity contribution in [1.29, 1.82) is 0 Å². The number of hydrogen-bond acceptors (Lipinski definition) is 4. The Labute approximate surface area is 100 Å². The highest BCUT2D eigenvalue weighted by atomic mass is 16.5. The van der Waals surface area contributed by atoms with Crippen molar-refractivity contribution in [3.8, 4) is 0 Å². The van der Waals surface area contributed by atoms with Gasteiger partial charge in [-0.3, -0.25) is 9.59 Å². The Morgan fingerprint density at radius 1 is 1.59 bits per heavy atom. The number of carbonyl (C=O) groups excluding carboxylic acids is 2. The summed E-state index contributed by atoms with van der Waals surface area (Å²) in [4.78, 5) is 25.2. The molecule has 6 nitrogen and oxygen atoms in total. The summed E-state index contributed by atoms with van der Waals surface area (Å²) in [6.07, 6.45) is 1.14. The van der Waals surface area contributed by atoms with Gasteiger partial charge in [-0.05, 0) is 13.3 Å². The molecule has 0 spiro atoms. The lowest BCUT2D eigenvalue weighted by atomic mass is 10.0. The molecule has 2 amide bonds. The van der Waals surface area contributed by atoms with Crippen LogP contribution in [-0.4, -0.2) is 54.6 Å². The standard InChI is InChI=1S/C11H19N3O3/c1-7(11(16)13-9-5-17-6-9)14-4-8(12)2-3-10(14)15/h7-9H,2-6,12H2,1H3,(H,13,16)/t7-,8+/m0/s1. The number of nitrogens with two attached hydrogens (primary N) is 1. The molecule has 3 N–H and O–H groups in total. The summed E-state index contributed by atoms with van der Waals surface area (Å²) >= 11 is 0. The summed E-state index contributed by atoms with van der Waals surface area (Å²) in [5, 5.41) is 2.85. The van der Waals surface area contributed by atoms with E-state index in [2.05, 4.69) is 5.32 Å². The molecule has 0 saturated carbocycles. The van der Waals surface area contributed by atoms with Crippen LogP contribution in [0.15, 0.2) is 0 Å². The average Bonchev–Trinajstić information content (AvgIpc) is 2.25. The number of likely N-dealkylation sites (tertiary alicyclic amines) is 1. The lowest BCUT2D eigenvalue weighted by Gasteiger charge is -2.36. The fourth-order valence-corrected chi connectivity index (χ4v) is 2.05. The van der Waals surface area contributed by atoms with Gasteiger partial charge >= 0.3 is 0 Å². The number of amides is 2. The predicted molar refractivity (Wildman–Crippen MR) is 61.1 cm³/mol. The number of nitrogens with one attached hydrogen (secondary N) is 1. The van der Waals surface area contributed by atoms with E-state index >= 15 is 0 Å². The molecule has 0 aromatic heterocycles. The fraction of sp³-hybridized carbons (Fsp3) is 0.818. The van der Waals surface area contributed by atoms with E-state index in [0.717, 1.165) is 0 Å². The summed E-state index contributed by atoms with van der Waals surface area (Å²) < 4.78 is 4.98. The molecule has 0 radical (unpaired) electrons.